The van der Waals surface area contributed by atoms with Gasteiger partial charge in [-0.05, 0) is 31.0 Å². The predicted molar refractivity (Wildman–Crippen MR) is 111 cm³/mol. The molecule has 2 heterocycles. The van der Waals surface area contributed by atoms with Gasteiger partial charge in [-0.3, -0.25) is 9.48 Å². The highest BCUT2D eigenvalue weighted by Crippen LogP contribution is 2.36. The van der Waals surface area contributed by atoms with Gasteiger partial charge in [-0.25, -0.2) is 0 Å². The minimum atomic E-state index is -0.376. The molecule has 0 saturated heterocycles. The molecule has 3 aromatic rings. The Morgan fingerprint density at radius 1 is 1.38 bits per heavy atom. The zero-order chi connectivity index (χ0) is 21.1. The SMILES string of the molecule is Cc1cc(C(=O)Nc2ccc(OC[C@H](N)C(C)C)c(-c3c(Cl)cnn3C)c2)no1. The standard InChI is InChI=1S/C20H24ClN5O3/c1-11(2)16(22)10-28-18-6-5-13(24-20(27)17-7-12(3)29-25-17)8-14(18)19-15(21)9-23-26(19)4/h5-9,11,16H,10,22H2,1-4H3,(H,24,27)/t16-/m0/s1. The van der Waals surface area contributed by atoms with Crippen molar-refractivity contribution in [1.29, 1.82) is 0 Å². The molecule has 1 atom stereocenters. The summed E-state index contributed by atoms with van der Waals surface area (Å²) in [7, 11) is 1.79. The lowest BCUT2D eigenvalue weighted by Crippen LogP contribution is -2.33. The highest BCUT2D eigenvalue weighted by Gasteiger charge is 2.18. The van der Waals surface area contributed by atoms with Crippen LogP contribution in [0, 0.1) is 12.8 Å². The Bertz CT molecular complexity index is 992. The lowest BCUT2D eigenvalue weighted by molar-refractivity contribution is 0.101. The van der Waals surface area contributed by atoms with Gasteiger partial charge in [0.05, 0.1) is 16.9 Å². The number of rotatable bonds is 7. The van der Waals surface area contributed by atoms with Gasteiger partial charge in [-0.15, -0.1) is 0 Å². The fourth-order valence-corrected chi connectivity index (χ4v) is 2.95. The van der Waals surface area contributed by atoms with Crippen molar-refractivity contribution in [3.8, 4) is 17.0 Å². The van der Waals surface area contributed by atoms with Crippen LogP contribution < -0.4 is 15.8 Å². The average Bonchev–Trinajstić information content (AvgIpc) is 3.25. The predicted octanol–water partition coefficient (Wildman–Crippen LogP) is 3.65. The number of carbonyl (C=O) groups excluding carboxylic acids is 1. The monoisotopic (exact) mass is 417 g/mol. The maximum absolute atomic E-state index is 12.4. The van der Waals surface area contributed by atoms with Crippen molar-refractivity contribution in [1.82, 2.24) is 14.9 Å². The first-order chi connectivity index (χ1) is 13.8. The number of hydrogen-bond donors (Lipinski definition) is 2. The molecule has 1 amide bonds. The summed E-state index contributed by atoms with van der Waals surface area (Å²) in [6.07, 6.45) is 1.56. The van der Waals surface area contributed by atoms with Gasteiger partial charge in [-0.2, -0.15) is 5.10 Å². The molecule has 3 rings (SSSR count). The third kappa shape index (κ3) is 4.78. The number of halogens is 1. The van der Waals surface area contributed by atoms with Crippen molar-refractivity contribution in [3.63, 3.8) is 0 Å². The maximum Gasteiger partial charge on any atom is 0.277 e. The van der Waals surface area contributed by atoms with E-state index >= 15 is 0 Å². The van der Waals surface area contributed by atoms with Crippen LogP contribution in [0.1, 0.15) is 30.1 Å². The van der Waals surface area contributed by atoms with Crippen molar-refractivity contribution in [2.75, 3.05) is 11.9 Å². The summed E-state index contributed by atoms with van der Waals surface area (Å²) in [4.78, 5) is 12.4. The van der Waals surface area contributed by atoms with E-state index in [2.05, 4.69) is 15.6 Å². The van der Waals surface area contributed by atoms with Crippen LogP contribution in [0.15, 0.2) is 35.0 Å². The topological polar surface area (TPSA) is 108 Å². The first-order valence-electron chi connectivity index (χ1n) is 9.21. The van der Waals surface area contributed by atoms with Gasteiger partial charge in [0.25, 0.3) is 5.91 Å². The molecule has 0 fully saturated rings. The number of ether oxygens (including phenoxy) is 1. The van der Waals surface area contributed by atoms with Crippen LogP contribution >= 0.6 is 11.6 Å². The highest BCUT2D eigenvalue weighted by molar-refractivity contribution is 6.33. The molecule has 0 saturated carbocycles. The Morgan fingerprint density at radius 3 is 2.72 bits per heavy atom. The summed E-state index contributed by atoms with van der Waals surface area (Å²) >= 11 is 6.35. The molecule has 8 nitrogen and oxygen atoms in total. The van der Waals surface area contributed by atoms with Crippen molar-refractivity contribution >= 4 is 23.2 Å². The molecule has 0 aliphatic heterocycles. The number of aromatic nitrogens is 3. The van der Waals surface area contributed by atoms with Gasteiger partial charge >= 0.3 is 0 Å². The zero-order valence-electron chi connectivity index (χ0n) is 16.8. The summed E-state index contributed by atoms with van der Waals surface area (Å²) in [5, 5.41) is 11.2. The number of hydrogen-bond acceptors (Lipinski definition) is 6. The van der Waals surface area contributed by atoms with E-state index in [-0.39, 0.29) is 23.6 Å². The van der Waals surface area contributed by atoms with E-state index in [1.807, 2.05) is 13.8 Å². The van der Waals surface area contributed by atoms with E-state index in [9.17, 15) is 4.79 Å². The third-order valence-electron chi connectivity index (χ3n) is 4.53. The van der Waals surface area contributed by atoms with E-state index in [1.165, 1.54) is 0 Å². The van der Waals surface area contributed by atoms with Crippen LogP contribution in [-0.4, -0.2) is 33.5 Å². The van der Waals surface area contributed by atoms with Crippen molar-refractivity contribution in [3.05, 3.63) is 46.9 Å². The molecular formula is C20H24ClN5O3. The molecule has 29 heavy (non-hydrogen) atoms. The summed E-state index contributed by atoms with van der Waals surface area (Å²) in [5.74, 6) is 1.06. The summed E-state index contributed by atoms with van der Waals surface area (Å²) in [6, 6.07) is 6.76. The van der Waals surface area contributed by atoms with Crippen LogP contribution in [0.2, 0.25) is 5.02 Å². The van der Waals surface area contributed by atoms with E-state index < -0.39 is 0 Å². The summed E-state index contributed by atoms with van der Waals surface area (Å²) in [5.41, 5.74) is 8.24. The number of nitrogens with two attached hydrogens (primary N) is 1. The fraction of sp³-hybridized carbons (Fsp3) is 0.350. The zero-order valence-corrected chi connectivity index (χ0v) is 17.5. The third-order valence-corrected chi connectivity index (χ3v) is 4.81. The van der Waals surface area contributed by atoms with E-state index in [1.54, 1.807) is 49.1 Å². The lowest BCUT2D eigenvalue weighted by atomic mass is 10.1. The van der Waals surface area contributed by atoms with Gasteiger partial charge in [0.1, 0.15) is 18.1 Å². The largest absolute Gasteiger partial charge is 0.491 e. The van der Waals surface area contributed by atoms with Gasteiger partial charge in [-0.1, -0.05) is 30.6 Å². The number of carbonyl (C=O) groups is 1. The van der Waals surface area contributed by atoms with Crippen LogP contribution in [0.5, 0.6) is 5.75 Å². The first kappa shape index (κ1) is 20.9. The minimum Gasteiger partial charge on any atom is -0.491 e. The van der Waals surface area contributed by atoms with E-state index in [0.29, 0.717) is 40.1 Å². The molecule has 0 unspecified atom stereocenters. The van der Waals surface area contributed by atoms with Crippen molar-refractivity contribution in [2.24, 2.45) is 18.7 Å². The fourth-order valence-electron chi connectivity index (χ4n) is 2.68. The Morgan fingerprint density at radius 2 is 2.14 bits per heavy atom. The Labute approximate surface area is 174 Å². The highest BCUT2D eigenvalue weighted by atomic mass is 35.5. The van der Waals surface area contributed by atoms with Gasteiger partial charge in [0, 0.05) is 30.4 Å². The molecule has 1 aromatic carbocycles. The maximum atomic E-state index is 12.4. The second kappa shape index (κ2) is 8.67. The minimum absolute atomic E-state index is 0.111. The molecular weight excluding hydrogens is 394 g/mol. The van der Waals surface area contributed by atoms with E-state index in [0.717, 1.165) is 0 Å². The van der Waals surface area contributed by atoms with Crippen molar-refractivity contribution < 1.29 is 14.1 Å². The first-order valence-corrected chi connectivity index (χ1v) is 9.59. The number of nitrogens with zero attached hydrogens (tertiary/aromatic N) is 3. The molecule has 9 heteroatoms. The Balaban J connectivity index is 1.92. The van der Waals surface area contributed by atoms with Crippen LogP contribution in [0.25, 0.3) is 11.3 Å². The summed E-state index contributed by atoms with van der Waals surface area (Å²) in [6.45, 7) is 6.15. The number of anilines is 1. The Hall–Kier alpha value is -2.84. The van der Waals surface area contributed by atoms with Gasteiger partial charge < -0.3 is 20.3 Å². The molecule has 154 valence electrons. The number of benzene rings is 1. The molecule has 0 aliphatic carbocycles. The quantitative estimate of drug-likeness (QED) is 0.607. The van der Waals surface area contributed by atoms with Crippen LogP contribution in [0.4, 0.5) is 5.69 Å². The molecule has 0 bridgehead atoms. The van der Waals surface area contributed by atoms with E-state index in [4.69, 9.17) is 26.6 Å². The lowest BCUT2D eigenvalue weighted by Gasteiger charge is -2.19. The van der Waals surface area contributed by atoms with Gasteiger partial charge in [0.2, 0.25) is 0 Å². The van der Waals surface area contributed by atoms with Crippen LogP contribution in [-0.2, 0) is 7.05 Å². The Kier molecular flexibility index (Phi) is 6.24. The number of aryl methyl sites for hydroxylation is 2. The van der Waals surface area contributed by atoms with Gasteiger partial charge in [0.15, 0.2) is 5.69 Å². The second-order valence-electron chi connectivity index (χ2n) is 7.17. The number of amides is 1. The molecule has 2 aromatic heterocycles. The average molecular weight is 418 g/mol. The van der Waals surface area contributed by atoms with Crippen LogP contribution in [0.3, 0.4) is 0 Å². The molecule has 3 N–H and O–H groups in total. The molecule has 0 radical (unpaired) electrons. The second-order valence-corrected chi connectivity index (χ2v) is 7.58. The molecule has 0 aliphatic rings. The normalized spacial score (nSPS) is 12.2. The number of nitrogens with one attached hydrogen (secondary N) is 1. The molecule has 0 spiro atoms. The van der Waals surface area contributed by atoms with Crippen molar-refractivity contribution in [2.45, 2.75) is 26.8 Å². The summed E-state index contributed by atoms with van der Waals surface area (Å²) < 4.78 is 12.6. The smallest absolute Gasteiger partial charge is 0.277 e.